The molecule has 4 N–H and O–H groups in total. The van der Waals surface area contributed by atoms with E-state index in [0.29, 0.717) is 76.2 Å². The molecule has 3 unspecified atom stereocenters. The maximum atomic E-state index is 14.1. The van der Waals surface area contributed by atoms with Crippen molar-refractivity contribution in [1.82, 2.24) is 34.2 Å². The number of hydrogen-bond donors (Lipinski definition) is 4. The predicted molar refractivity (Wildman–Crippen MR) is 292 cm³/mol. The highest BCUT2D eigenvalue weighted by molar-refractivity contribution is 7.46. The monoisotopic (exact) mass is 1100 g/mol. The van der Waals surface area contributed by atoms with Gasteiger partial charge in [0.1, 0.15) is 35.3 Å². The Hall–Kier alpha value is -7.07. The van der Waals surface area contributed by atoms with Gasteiger partial charge in [-0.2, -0.15) is 0 Å². The highest BCUT2D eigenvalue weighted by Gasteiger charge is 2.49. The number of carbonyl (C=O) groups is 5. The normalized spacial score (nSPS) is 23.3. The van der Waals surface area contributed by atoms with E-state index in [-0.39, 0.29) is 47.4 Å². The first-order valence-electron chi connectivity index (χ1n) is 27.0. The fraction of sp³-hybridized carbons (Fsp3) is 0.464. The number of carbonyl (C=O) groups excluding carboxylic acids is 5. The first kappa shape index (κ1) is 53.9. The maximum absolute atomic E-state index is 14.1. The number of benzene rings is 1. The third kappa shape index (κ3) is 9.96. The average Bonchev–Trinajstić information content (AvgIpc) is 4.13. The number of likely N-dealkylation sites (tertiary alicyclic amines) is 1. The molecule has 1 aromatic carbocycles. The number of piperazine rings is 1. The number of pyridine rings is 3. The summed E-state index contributed by atoms with van der Waals surface area (Å²) in [6.07, 6.45) is 5.91. The van der Waals surface area contributed by atoms with Crippen LogP contribution in [0.3, 0.4) is 0 Å². The van der Waals surface area contributed by atoms with Crippen LogP contribution in [0.4, 0.5) is 28.7 Å². The third-order valence-electron chi connectivity index (χ3n) is 16.6. The lowest BCUT2D eigenvalue weighted by atomic mass is 9.90. The van der Waals surface area contributed by atoms with Gasteiger partial charge in [0.25, 0.3) is 23.6 Å². The molecule has 11 rings (SSSR count). The van der Waals surface area contributed by atoms with Crippen molar-refractivity contribution in [1.29, 1.82) is 0 Å². The average molecular weight is 1100 g/mol. The Labute approximate surface area is 457 Å². The summed E-state index contributed by atoms with van der Waals surface area (Å²) >= 11 is 0. The van der Waals surface area contributed by atoms with Gasteiger partial charge in [0, 0.05) is 98.7 Å². The summed E-state index contributed by atoms with van der Waals surface area (Å²) < 4.78 is 24.0. The Morgan fingerprint density at radius 2 is 1.56 bits per heavy atom. The molecular weight excluding hydrogens is 1030 g/mol. The molecular formula is C56H66N11O11P. The van der Waals surface area contributed by atoms with Gasteiger partial charge in [-0.25, -0.2) is 19.5 Å². The highest BCUT2D eigenvalue weighted by atomic mass is 31.2. The van der Waals surface area contributed by atoms with E-state index in [1.165, 1.54) is 11.3 Å². The molecule has 0 saturated carbocycles. The highest BCUT2D eigenvalue weighted by Crippen LogP contribution is 2.43. The van der Waals surface area contributed by atoms with E-state index in [9.17, 15) is 43.4 Å². The fourth-order valence-electron chi connectivity index (χ4n) is 13.0. The minimum atomic E-state index is -5.07. The van der Waals surface area contributed by atoms with Gasteiger partial charge in [0.2, 0.25) is 11.8 Å². The van der Waals surface area contributed by atoms with Crippen LogP contribution in [0.2, 0.25) is 0 Å². The van der Waals surface area contributed by atoms with E-state index in [1.54, 1.807) is 43.5 Å². The van der Waals surface area contributed by atoms with E-state index < -0.39 is 49.8 Å². The number of aliphatic hydroxyl groups is 1. The topological polar surface area (TPSA) is 257 Å². The van der Waals surface area contributed by atoms with Crippen molar-refractivity contribution in [2.24, 2.45) is 5.41 Å². The van der Waals surface area contributed by atoms with Crippen molar-refractivity contribution in [3.63, 3.8) is 0 Å². The maximum Gasteiger partial charge on any atom is 0.471 e. The van der Waals surface area contributed by atoms with Crippen molar-refractivity contribution in [3.05, 3.63) is 101 Å². The summed E-state index contributed by atoms with van der Waals surface area (Å²) in [4.78, 5) is 111. The Bertz CT molecular complexity index is 3340. The molecule has 22 nitrogen and oxygen atoms in total. The summed E-state index contributed by atoms with van der Waals surface area (Å²) in [6, 6.07) is 14.1. The molecule has 3 saturated heterocycles. The summed E-state index contributed by atoms with van der Waals surface area (Å²) in [6.45, 7) is 16.0. The number of phosphoric ester groups is 1. The molecule has 0 radical (unpaired) electrons. The van der Waals surface area contributed by atoms with Crippen molar-refractivity contribution in [2.45, 2.75) is 123 Å². The van der Waals surface area contributed by atoms with Crippen LogP contribution in [0.1, 0.15) is 121 Å². The number of amides is 5. The minimum absolute atomic E-state index is 0.0953. The van der Waals surface area contributed by atoms with Gasteiger partial charge < -0.3 is 39.3 Å². The van der Waals surface area contributed by atoms with Crippen LogP contribution in [-0.2, 0) is 38.1 Å². The Kier molecular flexibility index (Phi) is 14.0. The molecule has 5 aromatic rings. The number of piperidine rings is 2. The van der Waals surface area contributed by atoms with Crippen molar-refractivity contribution in [3.8, 4) is 17.0 Å². The Morgan fingerprint density at radius 3 is 2.27 bits per heavy atom. The van der Waals surface area contributed by atoms with Crippen LogP contribution in [0.25, 0.3) is 11.1 Å². The molecule has 3 fully saturated rings. The number of rotatable bonds is 13. The van der Waals surface area contributed by atoms with Crippen molar-refractivity contribution in [2.75, 3.05) is 59.9 Å². The molecule has 23 heteroatoms. The molecule has 9 heterocycles. The summed E-state index contributed by atoms with van der Waals surface area (Å²) in [7, 11) is -3.51. The number of aliphatic hydroxyl groups excluding tert-OH is 1. The van der Waals surface area contributed by atoms with Gasteiger partial charge in [0.15, 0.2) is 0 Å². The zero-order valence-corrected chi connectivity index (χ0v) is 46.2. The van der Waals surface area contributed by atoms with Gasteiger partial charge >= 0.3 is 7.82 Å². The largest absolute Gasteiger partial charge is 0.480 e. The van der Waals surface area contributed by atoms with Crippen molar-refractivity contribution >= 4 is 66.1 Å². The number of ether oxygens (including phenoxy) is 1. The zero-order valence-electron chi connectivity index (χ0n) is 45.3. The number of methoxy groups -OCH3 is 1. The predicted octanol–water partition coefficient (Wildman–Crippen LogP) is 6.07. The van der Waals surface area contributed by atoms with Gasteiger partial charge in [0.05, 0.1) is 36.2 Å². The number of imide groups is 2. The lowest BCUT2D eigenvalue weighted by Gasteiger charge is -2.48. The number of nitrogens with one attached hydrogen (secondary N) is 1. The number of aromatic nitrogens is 4. The molecule has 5 aliphatic heterocycles. The van der Waals surface area contributed by atoms with Gasteiger partial charge in [-0.15, -0.1) is 0 Å². The number of phosphoric acid groups is 1. The summed E-state index contributed by atoms with van der Waals surface area (Å²) in [5.41, 5.74) is 7.85. The molecule has 416 valence electrons. The molecule has 79 heavy (non-hydrogen) atoms. The Morgan fingerprint density at radius 1 is 0.797 bits per heavy atom. The van der Waals surface area contributed by atoms with Crippen molar-refractivity contribution < 1.29 is 52.7 Å². The first-order valence-corrected chi connectivity index (χ1v) is 28.5. The standard InChI is InChI=1S/C56H66N11O11P/c1-31-22-37(15-17-62(31)38-8-10-41-42(25-38)53(71)67(52(41)70)44-11-13-48(69)66(55(44)73)34(4)78-79(74,75)76)61-18-19-63(32(2)30-61)39-9-12-47(58-29-39)60-43-23-36(28-59-51(43)77-7)40-14-16-57-50(49(40)33(3)68)65-21-20-64-45(54(65)72)24-35-26-56(5,6)27-46(35)64/h8-10,12,14,16,23-25,28-29,31-34,37,44,68H,11,13,15,17-22,26-27,30H2,1-7H3,(H,58,60)(H2,74,75,76)/t31-,32+,33+,34?,37?,44?/m1/s1. The Balaban J connectivity index is 0.718. The molecule has 0 bridgehead atoms. The molecule has 0 spiro atoms. The molecule has 4 aromatic heterocycles. The SMILES string of the molecule is COc1ncc(-c2ccnc(N3CCn4c(cc5c4CC(C)(C)C5)C3=O)c2[C@H](C)O)cc1Nc1ccc(N2CCN(C3CCN(c4ccc5c(c4)C(=O)N(C4CCC(=O)N(C(C)OP(=O)(O)O)C4=O)C5=O)[C@H](C)C3)C[C@@H]2C)cn1. The van der Waals surface area contributed by atoms with Crippen LogP contribution in [0, 0.1) is 5.41 Å². The van der Waals surface area contributed by atoms with Crippen LogP contribution < -0.4 is 24.8 Å². The first-order chi connectivity index (χ1) is 37.6. The molecule has 1 aliphatic carbocycles. The summed E-state index contributed by atoms with van der Waals surface area (Å²) in [5, 5.41) is 14.7. The van der Waals surface area contributed by atoms with E-state index in [2.05, 4.69) is 72.8 Å². The fourth-order valence-corrected chi connectivity index (χ4v) is 13.5. The zero-order chi connectivity index (χ0) is 56.0. The van der Waals surface area contributed by atoms with Crippen LogP contribution >= 0.6 is 7.82 Å². The van der Waals surface area contributed by atoms with Crippen LogP contribution in [0.15, 0.2) is 67.1 Å². The second kappa shape index (κ2) is 20.5. The lowest BCUT2D eigenvalue weighted by molar-refractivity contribution is -0.161. The second-order valence-corrected chi connectivity index (χ2v) is 23.7. The second-order valence-electron chi connectivity index (χ2n) is 22.5. The summed E-state index contributed by atoms with van der Waals surface area (Å²) in [5.74, 6) is -1.78. The number of hydrogen-bond acceptors (Lipinski definition) is 16. The lowest BCUT2D eigenvalue weighted by Crippen LogP contribution is -2.58. The molecule has 6 atom stereocenters. The van der Waals surface area contributed by atoms with E-state index >= 15 is 0 Å². The van der Waals surface area contributed by atoms with Crippen LogP contribution in [-0.4, -0.2) is 149 Å². The smallest absolute Gasteiger partial charge is 0.471 e. The number of nitrogens with zero attached hydrogens (tertiary/aromatic N) is 10. The quantitative estimate of drug-likeness (QED) is 0.0771. The molecule has 6 aliphatic rings. The number of anilines is 5. The van der Waals surface area contributed by atoms with E-state index in [4.69, 9.17) is 9.72 Å². The van der Waals surface area contributed by atoms with Gasteiger partial charge in [-0.05, 0) is 125 Å². The molecule has 5 amide bonds. The van der Waals surface area contributed by atoms with E-state index in [1.807, 2.05) is 36.5 Å². The third-order valence-corrected chi connectivity index (χ3v) is 17.2. The van der Waals surface area contributed by atoms with E-state index in [0.717, 1.165) is 68.5 Å². The van der Waals surface area contributed by atoms with Gasteiger partial charge in [-0.3, -0.25) is 48.1 Å². The van der Waals surface area contributed by atoms with Gasteiger partial charge in [-0.1, -0.05) is 13.8 Å². The minimum Gasteiger partial charge on any atom is -0.480 e. The number of fused-ring (bicyclic) bond motifs is 4. The van der Waals surface area contributed by atoms with Crippen LogP contribution in [0.5, 0.6) is 5.88 Å².